The van der Waals surface area contributed by atoms with E-state index in [1.165, 1.54) is 0 Å². The van der Waals surface area contributed by atoms with Crippen LogP contribution in [-0.4, -0.2) is 5.91 Å². The minimum Gasteiger partial charge on any atom is -0.468 e. The van der Waals surface area contributed by atoms with Gasteiger partial charge in [-0.25, -0.2) is 0 Å². The predicted molar refractivity (Wildman–Crippen MR) is 53.7 cm³/mol. The number of nitrogens with two attached hydrogens (primary N) is 1. The molecular weight excluding hydrogens is 178 g/mol. The highest BCUT2D eigenvalue weighted by Crippen LogP contribution is 2.21. The fraction of sp³-hybridized carbons (Fsp3) is 0.182. The van der Waals surface area contributed by atoms with Crippen LogP contribution in [0.5, 0.6) is 0 Å². The maximum atomic E-state index is 10.6. The number of benzene rings is 1. The number of primary amides is 1. The minimum absolute atomic E-state index is 0.300. The van der Waals surface area contributed by atoms with Crippen molar-refractivity contribution in [1.82, 2.24) is 0 Å². The van der Waals surface area contributed by atoms with Gasteiger partial charge in [-0.3, -0.25) is 4.79 Å². The zero-order chi connectivity index (χ0) is 9.97. The first-order valence-electron chi connectivity index (χ1n) is 4.51. The molecule has 0 aliphatic carbocycles. The summed E-state index contributed by atoms with van der Waals surface area (Å²) in [6, 6.07) is 7.86. The monoisotopic (exact) mass is 189 g/mol. The molecule has 1 aromatic heterocycles. The Hall–Kier alpha value is -1.77. The smallest absolute Gasteiger partial charge is 0.217 e. The van der Waals surface area contributed by atoms with Crippen LogP contribution in [0.3, 0.4) is 0 Å². The minimum atomic E-state index is -0.300. The van der Waals surface area contributed by atoms with E-state index in [1.807, 2.05) is 24.3 Å². The fourth-order valence-corrected chi connectivity index (χ4v) is 1.48. The second-order valence-corrected chi connectivity index (χ2v) is 3.21. The van der Waals surface area contributed by atoms with Gasteiger partial charge in [-0.15, -0.1) is 0 Å². The molecule has 0 aliphatic rings. The van der Waals surface area contributed by atoms with E-state index >= 15 is 0 Å². The summed E-state index contributed by atoms with van der Waals surface area (Å²) in [5.74, 6) is 0.532. The molecule has 0 saturated carbocycles. The average molecular weight is 189 g/mol. The highest BCUT2D eigenvalue weighted by molar-refractivity contribution is 5.84. The molecule has 2 rings (SSSR count). The summed E-state index contributed by atoms with van der Waals surface area (Å²) in [6.45, 7) is 0. The Morgan fingerprint density at radius 2 is 2.14 bits per heavy atom. The number of furan rings is 1. The van der Waals surface area contributed by atoms with Crippen LogP contribution >= 0.6 is 0 Å². The Bertz CT molecular complexity index is 459. The summed E-state index contributed by atoms with van der Waals surface area (Å²) in [7, 11) is 0. The van der Waals surface area contributed by atoms with Crippen LogP contribution in [0.2, 0.25) is 0 Å². The van der Waals surface area contributed by atoms with Crippen LogP contribution in [0.1, 0.15) is 12.2 Å². The summed E-state index contributed by atoms with van der Waals surface area (Å²) in [4.78, 5) is 10.6. The first-order chi connectivity index (χ1) is 6.77. The van der Waals surface area contributed by atoms with Crippen molar-refractivity contribution in [3.8, 4) is 0 Å². The van der Waals surface area contributed by atoms with Gasteiger partial charge in [0.15, 0.2) is 0 Å². The van der Waals surface area contributed by atoms with Crippen molar-refractivity contribution in [3.63, 3.8) is 0 Å². The van der Waals surface area contributed by atoms with Gasteiger partial charge < -0.3 is 10.2 Å². The largest absolute Gasteiger partial charge is 0.468 e. The Morgan fingerprint density at radius 3 is 2.93 bits per heavy atom. The Labute approximate surface area is 81.5 Å². The van der Waals surface area contributed by atoms with Gasteiger partial charge in [0.25, 0.3) is 0 Å². The molecule has 14 heavy (non-hydrogen) atoms. The Kier molecular flexibility index (Phi) is 2.23. The summed E-state index contributed by atoms with van der Waals surface area (Å²) >= 11 is 0. The zero-order valence-electron chi connectivity index (χ0n) is 7.69. The first kappa shape index (κ1) is 8.81. The number of aryl methyl sites for hydroxylation is 1. The van der Waals surface area contributed by atoms with E-state index in [9.17, 15) is 4.79 Å². The highest BCUT2D eigenvalue weighted by atomic mass is 16.3. The van der Waals surface area contributed by atoms with Crippen molar-refractivity contribution >= 4 is 16.7 Å². The van der Waals surface area contributed by atoms with Gasteiger partial charge in [-0.1, -0.05) is 24.3 Å². The van der Waals surface area contributed by atoms with Gasteiger partial charge in [-0.05, 0) is 0 Å². The van der Waals surface area contributed by atoms with E-state index in [-0.39, 0.29) is 5.91 Å². The van der Waals surface area contributed by atoms with Gasteiger partial charge in [0, 0.05) is 23.6 Å². The fourth-order valence-electron chi connectivity index (χ4n) is 1.48. The van der Waals surface area contributed by atoms with Crippen LogP contribution in [0.4, 0.5) is 0 Å². The molecule has 0 unspecified atom stereocenters. The van der Waals surface area contributed by atoms with Crippen LogP contribution < -0.4 is 5.73 Å². The third-order valence-electron chi connectivity index (χ3n) is 2.19. The average Bonchev–Trinajstić information content (AvgIpc) is 2.58. The number of amides is 1. The molecule has 0 spiro atoms. The lowest BCUT2D eigenvalue weighted by atomic mass is 10.1. The standard InChI is InChI=1S/C11H11NO2/c12-11(13)6-5-10-9-4-2-1-3-8(9)7-14-10/h1-4,7H,5-6H2,(H2,12,13). The van der Waals surface area contributed by atoms with Crippen molar-refractivity contribution < 1.29 is 9.21 Å². The van der Waals surface area contributed by atoms with Crippen LogP contribution in [0.15, 0.2) is 34.9 Å². The number of fused-ring (bicyclic) bond motifs is 1. The summed E-state index contributed by atoms with van der Waals surface area (Å²) in [5.41, 5.74) is 5.07. The molecule has 0 atom stereocenters. The molecule has 0 radical (unpaired) electrons. The van der Waals surface area contributed by atoms with E-state index in [4.69, 9.17) is 10.2 Å². The number of rotatable bonds is 3. The maximum absolute atomic E-state index is 10.6. The normalized spacial score (nSPS) is 10.6. The molecule has 2 N–H and O–H groups in total. The highest BCUT2D eigenvalue weighted by Gasteiger charge is 2.06. The Morgan fingerprint density at radius 1 is 1.36 bits per heavy atom. The molecule has 2 aromatic rings. The lowest BCUT2D eigenvalue weighted by Gasteiger charge is -1.94. The first-order valence-corrected chi connectivity index (χ1v) is 4.51. The number of carbonyl (C=O) groups excluding carboxylic acids is 1. The van der Waals surface area contributed by atoms with E-state index in [0.29, 0.717) is 12.8 Å². The van der Waals surface area contributed by atoms with Gasteiger partial charge in [0.2, 0.25) is 5.91 Å². The number of hydrogen-bond acceptors (Lipinski definition) is 2. The third-order valence-corrected chi connectivity index (χ3v) is 2.19. The van der Waals surface area contributed by atoms with Crippen LogP contribution in [0.25, 0.3) is 10.8 Å². The molecule has 0 fully saturated rings. The predicted octanol–water partition coefficient (Wildman–Crippen LogP) is 1.85. The van der Waals surface area contributed by atoms with Crippen molar-refractivity contribution in [1.29, 1.82) is 0 Å². The van der Waals surface area contributed by atoms with Crippen molar-refractivity contribution in [3.05, 3.63) is 36.3 Å². The lowest BCUT2D eigenvalue weighted by molar-refractivity contribution is -0.118. The Balaban J connectivity index is 2.29. The summed E-state index contributed by atoms with van der Waals surface area (Å²) < 4.78 is 5.36. The molecule has 3 heteroatoms. The van der Waals surface area contributed by atoms with Crippen LogP contribution in [0, 0.1) is 0 Å². The molecule has 3 nitrogen and oxygen atoms in total. The van der Waals surface area contributed by atoms with E-state index < -0.39 is 0 Å². The van der Waals surface area contributed by atoms with Crippen LogP contribution in [-0.2, 0) is 11.2 Å². The second kappa shape index (κ2) is 3.54. The molecule has 0 bridgehead atoms. The maximum Gasteiger partial charge on any atom is 0.217 e. The molecule has 1 aromatic carbocycles. The molecule has 0 aliphatic heterocycles. The third kappa shape index (κ3) is 1.62. The summed E-state index contributed by atoms with van der Waals surface area (Å²) in [6.07, 6.45) is 2.60. The number of carbonyl (C=O) groups is 1. The SMILES string of the molecule is NC(=O)CCc1occ2ccccc12. The molecule has 0 saturated heterocycles. The molecule has 1 heterocycles. The van der Waals surface area contributed by atoms with Crippen molar-refractivity contribution in [2.75, 3.05) is 0 Å². The molecule has 72 valence electrons. The van der Waals surface area contributed by atoms with Crippen molar-refractivity contribution in [2.45, 2.75) is 12.8 Å². The van der Waals surface area contributed by atoms with E-state index in [1.54, 1.807) is 6.26 Å². The van der Waals surface area contributed by atoms with E-state index in [2.05, 4.69) is 0 Å². The number of hydrogen-bond donors (Lipinski definition) is 1. The van der Waals surface area contributed by atoms with Gasteiger partial charge in [-0.2, -0.15) is 0 Å². The van der Waals surface area contributed by atoms with Crippen molar-refractivity contribution in [2.24, 2.45) is 5.73 Å². The molecular formula is C11H11NO2. The van der Waals surface area contributed by atoms with Gasteiger partial charge in [0.05, 0.1) is 6.26 Å². The summed E-state index contributed by atoms with van der Waals surface area (Å²) in [5, 5.41) is 2.13. The quantitative estimate of drug-likeness (QED) is 0.801. The van der Waals surface area contributed by atoms with E-state index in [0.717, 1.165) is 16.5 Å². The van der Waals surface area contributed by atoms with Gasteiger partial charge >= 0.3 is 0 Å². The van der Waals surface area contributed by atoms with Gasteiger partial charge in [0.1, 0.15) is 5.76 Å². The second-order valence-electron chi connectivity index (χ2n) is 3.21. The molecule has 1 amide bonds. The topological polar surface area (TPSA) is 56.2 Å². The zero-order valence-corrected chi connectivity index (χ0v) is 7.69. The lowest BCUT2D eigenvalue weighted by Crippen LogP contribution is -2.10.